The first-order chi connectivity index (χ1) is 9.60. The molecule has 0 fully saturated rings. The third-order valence-corrected chi connectivity index (χ3v) is 3.15. The van der Waals surface area contributed by atoms with Gasteiger partial charge in [-0.15, -0.1) is 0 Å². The van der Waals surface area contributed by atoms with Crippen molar-refractivity contribution in [2.75, 3.05) is 11.9 Å². The van der Waals surface area contributed by atoms with Gasteiger partial charge in [0, 0.05) is 16.9 Å². The van der Waals surface area contributed by atoms with E-state index in [-0.39, 0.29) is 6.61 Å². The molecule has 0 bridgehead atoms. The Bertz CT molecular complexity index is 563. The first-order valence-electron chi connectivity index (χ1n) is 6.20. The van der Waals surface area contributed by atoms with E-state index in [1.54, 1.807) is 36.5 Å². The van der Waals surface area contributed by atoms with Crippen LogP contribution in [-0.2, 0) is 0 Å². The first-order valence-corrected chi connectivity index (χ1v) is 6.58. The molecule has 0 aliphatic heterocycles. The lowest BCUT2D eigenvalue weighted by atomic mass is 10.0. The minimum absolute atomic E-state index is 0.249. The number of aliphatic hydroxyl groups excluding tert-OH is 2. The summed E-state index contributed by atoms with van der Waals surface area (Å²) in [5.74, 6) is 0.372. The van der Waals surface area contributed by atoms with Gasteiger partial charge in [0.25, 0.3) is 0 Å². The lowest BCUT2D eigenvalue weighted by Gasteiger charge is -2.22. The van der Waals surface area contributed by atoms with Crippen LogP contribution in [0.4, 0.5) is 5.95 Å². The predicted octanol–water partition coefficient (Wildman–Crippen LogP) is 1.94. The Morgan fingerprint density at radius 3 is 2.55 bits per heavy atom. The molecule has 0 spiro atoms. The highest BCUT2D eigenvalue weighted by atomic mass is 35.5. The molecule has 1 heterocycles. The van der Waals surface area contributed by atoms with Gasteiger partial charge < -0.3 is 15.5 Å². The fourth-order valence-corrected chi connectivity index (χ4v) is 1.93. The van der Waals surface area contributed by atoms with Crippen molar-refractivity contribution in [1.29, 1.82) is 0 Å². The van der Waals surface area contributed by atoms with Gasteiger partial charge >= 0.3 is 0 Å². The van der Waals surface area contributed by atoms with E-state index in [9.17, 15) is 10.2 Å². The Morgan fingerprint density at radius 2 is 1.95 bits per heavy atom. The summed E-state index contributed by atoms with van der Waals surface area (Å²) >= 11 is 5.81. The standard InChI is InChI=1S/C14H16ClN3O2/c1-9-6-7-16-14(17-9)18-12(8-19)13(20)10-2-4-11(15)5-3-10/h2-7,12-13,19-20H,8H2,1H3,(H,16,17,18)/t12-,13+/m1/s1. The summed E-state index contributed by atoms with van der Waals surface area (Å²) in [6.07, 6.45) is 0.731. The third-order valence-electron chi connectivity index (χ3n) is 2.90. The van der Waals surface area contributed by atoms with Crippen LogP contribution in [-0.4, -0.2) is 32.8 Å². The highest BCUT2D eigenvalue weighted by Gasteiger charge is 2.21. The number of aromatic nitrogens is 2. The van der Waals surface area contributed by atoms with Crippen molar-refractivity contribution in [3.8, 4) is 0 Å². The average molecular weight is 294 g/mol. The summed E-state index contributed by atoms with van der Waals surface area (Å²) in [5.41, 5.74) is 1.47. The summed E-state index contributed by atoms with van der Waals surface area (Å²) in [5, 5.41) is 23.2. The molecule has 0 aliphatic rings. The van der Waals surface area contributed by atoms with Crippen LogP contribution in [0.3, 0.4) is 0 Å². The predicted molar refractivity (Wildman–Crippen MR) is 77.7 cm³/mol. The van der Waals surface area contributed by atoms with E-state index in [1.165, 1.54) is 0 Å². The molecule has 3 N–H and O–H groups in total. The number of aryl methyl sites for hydroxylation is 1. The average Bonchev–Trinajstić information content (AvgIpc) is 2.45. The molecule has 6 heteroatoms. The largest absolute Gasteiger partial charge is 0.394 e. The van der Waals surface area contributed by atoms with Crippen LogP contribution in [0.5, 0.6) is 0 Å². The molecule has 2 atom stereocenters. The van der Waals surface area contributed by atoms with Crippen molar-refractivity contribution in [3.63, 3.8) is 0 Å². The van der Waals surface area contributed by atoms with Gasteiger partial charge in [0.05, 0.1) is 12.6 Å². The number of rotatable bonds is 5. The molecule has 0 aliphatic carbocycles. The van der Waals surface area contributed by atoms with Gasteiger partial charge in [-0.1, -0.05) is 23.7 Å². The normalized spacial score (nSPS) is 13.8. The van der Waals surface area contributed by atoms with E-state index >= 15 is 0 Å². The number of nitrogens with zero attached hydrogens (tertiary/aromatic N) is 2. The van der Waals surface area contributed by atoms with Gasteiger partial charge in [0.1, 0.15) is 6.10 Å². The molecule has 0 amide bonds. The highest BCUT2D eigenvalue weighted by molar-refractivity contribution is 6.30. The lowest BCUT2D eigenvalue weighted by molar-refractivity contribution is 0.118. The second-order valence-electron chi connectivity index (χ2n) is 4.45. The topological polar surface area (TPSA) is 78.3 Å². The Hall–Kier alpha value is -1.69. The minimum atomic E-state index is -0.888. The molecule has 1 aromatic carbocycles. The van der Waals surface area contributed by atoms with Crippen LogP contribution in [0.15, 0.2) is 36.5 Å². The van der Waals surface area contributed by atoms with E-state index < -0.39 is 12.1 Å². The van der Waals surface area contributed by atoms with Crippen molar-refractivity contribution in [2.24, 2.45) is 0 Å². The van der Waals surface area contributed by atoms with Gasteiger partial charge in [-0.05, 0) is 30.7 Å². The van der Waals surface area contributed by atoms with Gasteiger partial charge in [-0.25, -0.2) is 9.97 Å². The van der Waals surface area contributed by atoms with E-state index in [0.29, 0.717) is 16.5 Å². The number of aliphatic hydroxyl groups is 2. The highest BCUT2D eigenvalue weighted by Crippen LogP contribution is 2.21. The zero-order chi connectivity index (χ0) is 14.5. The second kappa shape index (κ2) is 6.65. The Balaban J connectivity index is 2.13. The van der Waals surface area contributed by atoms with Gasteiger partial charge in [0.15, 0.2) is 0 Å². The first kappa shape index (κ1) is 14.7. The molecular formula is C14H16ClN3O2. The minimum Gasteiger partial charge on any atom is -0.394 e. The molecule has 0 saturated carbocycles. The van der Waals surface area contributed by atoms with Crippen molar-refractivity contribution < 1.29 is 10.2 Å². The van der Waals surface area contributed by atoms with Crippen molar-refractivity contribution >= 4 is 17.5 Å². The quantitative estimate of drug-likeness (QED) is 0.785. The number of benzene rings is 1. The molecule has 5 nitrogen and oxygen atoms in total. The van der Waals surface area contributed by atoms with Crippen LogP contribution < -0.4 is 5.32 Å². The second-order valence-corrected chi connectivity index (χ2v) is 4.89. The van der Waals surface area contributed by atoms with Crippen LogP contribution in [0.1, 0.15) is 17.4 Å². The molecule has 2 rings (SSSR count). The Labute approximate surface area is 122 Å². The van der Waals surface area contributed by atoms with Gasteiger partial charge in [-0.3, -0.25) is 0 Å². The smallest absolute Gasteiger partial charge is 0.223 e. The number of hydrogen-bond donors (Lipinski definition) is 3. The van der Waals surface area contributed by atoms with Crippen LogP contribution >= 0.6 is 11.6 Å². The fourth-order valence-electron chi connectivity index (χ4n) is 1.80. The maximum atomic E-state index is 10.3. The molecular weight excluding hydrogens is 278 g/mol. The van der Waals surface area contributed by atoms with Crippen molar-refractivity contribution in [3.05, 3.63) is 52.8 Å². The molecule has 106 valence electrons. The summed E-state index contributed by atoms with van der Waals surface area (Å²) in [6, 6.07) is 7.99. The Morgan fingerprint density at radius 1 is 1.25 bits per heavy atom. The number of anilines is 1. The third kappa shape index (κ3) is 3.66. The molecule has 20 heavy (non-hydrogen) atoms. The Kier molecular flexibility index (Phi) is 4.89. The molecule has 0 unspecified atom stereocenters. The SMILES string of the molecule is Cc1ccnc(N[C@H](CO)[C@@H](O)c2ccc(Cl)cc2)n1. The van der Waals surface area contributed by atoms with Crippen molar-refractivity contribution in [1.82, 2.24) is 9.97 Å². The number of nitrogens with one attached hydrogen (secondary N) is 1. The maximum absolute atomic E-state index is 10.3. The summed E-state index contributed by atoms with van der Waals surface area (Å²) in [7, 11) is 0. The van der Waals surface area contributed by atoms with E-state index in [1.807, 2.05) is 6.92 Å². The molecule has 0 saturated heterocycles. The van der Waals surface area contributed by atoms with Crippen LogP contribution in [0.2, 0.25) is 5.02 Å². The fraction of sp³-hybridized carbons (Fsp3) is 0.286. The number of hydrogen-bond acceptors (Lipinski definition) is 5. The monoisotopic (exact) mass is 293 g/mol. The van der Waals surface area contributed by atoms with E-state index in [4.69, 9.17) is 11.6 Å². The van der Waals surface area contributed by atoms with Crippen LogP contribution in [0, 0.1) is 6.92 Å². The molecule has 2 aromatic rings. The van der Waals surface area contributed by atoms with Crippen molar-refractivity contribution in [2.45, 2.75) is 19.1 Å². The lowest BCUT2D eigenvalue weighted by Crippen LogP contribution is -2.32. The zero-order valence-electron chi connectivity index (χ0n) is 11.0. The van der Waals surface area contributed by atoms with E-state index in [0.717, 1.165) is 5.69 Å². The van der Waals surface area contributed by atoms with E-state index in [2.05, 4.69) is 15.3 Å². The van der Waals surface area contributed by atoms with Crippen LogP contribution in [0.25, 0.3) is 0 Å². The van der Waals surface area contributed by atoms with Gasteiger partial charge in [-0.2, -0.15) is 0 Å². The summed E-state index contributed by atoms with van der Waals surface area (Å²) < 4.78 is 0. The summed E-state index contributed by atoms with van der Waals surface area (Å²) in [6.45, 7) is 1.59. The summed E-state index contributed by atoms with van der Waals surface area (Å²) in [4.78, 5) is 8.24. The number of halogens is 1. The molecule has 0 radical (unpaired) electrons. The maximum Gasteiger partial charge on any atom is 0.223 e. The zero-order valence-corrected chi connectivity index (χ0v) is 11.7. The molecule has 1 aromatic heterocycles. The van der Waals surface area contributed by atoms with Gasteiger partial charge in [0.2, 0.25) is 5.95 Å².